The number of carbonyl (C=O) groups excluding carboxylic acids is 1. The minimum atomic E-state index is 0.0325. The average Bonchev–Trinajstić information content (AvgIpc) is 2.97. The highest BCUT2D eigenvalue weighted by Crippen LogP contribution is 2.34. The zero-order valence-corrected chi connectivity index (χ0v) is 14.2. The van der Waals surface area contributed by atoms with Crippen molar-refractivity contribution in [1.29, 1.82) is 0 Å². The second-order valence-corrected chi connectivity index (χ2v) is 6.49. The normalized spacial score (nSPS) is 15.1. The molecule has 0 atom stereocenters. The number of anilines is 1. The van der Waals surface area contributed by atoms with Crippen LogP contribution in [0.15, 0.2) is 28.7 Å². The number of fused-ring (bicyclic) bond motifs is 1. The molecule has 0 unspecified atom stereocenters. The number of amides is 1. The highest BCUT2D eigenvalue weighted by Gasteiger charge is 2.24. The third-order valence-corrected chi connectivity index (χ3v) is 4.51. The van der Waals surface area contributed by atoms with E-state index in [0.29, 0.717) is 41.5 Å². The lowest BCUT2D eigenvalue weighted by atomic mass is 10.0. The maximum Gasteiger partial charge on any atom is 0.306 e. The molecular formula is C19H19N3O3. The number of phenols is 1. The second kappa shape index (κ2) is 5.88. The predicted octanol–water partition coefficient (Wildman–Crippen LogP) is 3.73. The van der Waals surface area contributed by atoms with Crippen molar-refractivity contribution in [2.45, 2.75) is 33.1 Å². The molecule has 0 spiro atoms. The third kappa shape index (κ3) is 2.73. The first-order chi connectivity index (χ1) is 12.0. The number of nitrogens with zero attached hydrogens (tertiary/aromatic N) is 3. The Morgan fingerprint density at radius 2 is 2.00 bits per heavy atom. The summed E-state index contributed by atoms with van der Waals surface area (Å²) in [5.41, 5.74) is 4.22. The average molecular weight is 337 g/mol. The van der Waals surface area contributed by atoms with Crippen molar-refractivity contribution >= 4 is 23.2 Å². The molecule has 0 saturated carbocycles. The number of rotatable bonds is 2. The van der Waals surface area contributed by atoms with Gasteiger partial charge in [-0.2, -0.15) is 4.98 Å². The largest absolute Gasteiger partial charge is 0.507 e. The summed E-state index contributed by atoms with van der Waals surface area (Å²) < 4.78 is 5.72. The van der Waals surface area contributed by atoms with Crippen molar-refractivity contribution in [3.8, 4) is 17.0 Å². The second-order valence-electron chi connectivity index (χ2n) is 6.49. The van der Waals surface area contributed by atoms with Crippen LogP contribution in [0.1, 0.15) is 30.4 Å². The van der Waals surface area contributed by atoms with E-state index in [0.717, 1.165) is 24.0 Å². The smallest absolute Gasteiger partial charge is 0.306 e. The van der Waals surface area contributed by atoms with Crippen LogP contribution in [0.5, 0.6) is 5.75 Å². The van der Waals surface area contributed by atoms with E-state index in [1.807, 2.05) is 19.9 Å². The van der Waals surface area contributed by atoms with Crippen molar-refractivity contribution in [3.63, 3.8) is 0 Å². The first-order valence-electron chi connectivity index (χ1n) is 8.41. The minimum absolute atomic E-state index is 0.0325. The van der Waals surface area contributed by atoms with E-state index in [2.05, 4.69) is 9.97 Å². The van der Waals surface area contributed by atoms with Crippen LogP contribution in [-0.2, 0) is 4.79 Å². The summed E-state index contributed by atoms with van der Waals surface area (Å²) in [6, 6.07) is 7.60. The molecule has 1 N–H and O–H groups in total. The molecule has 6 nitrogen and oxygen atoms in total. The molecule has 4 rings (SSSR count). The number of benzene rings is 1. The fraction of sp³-hybridized carbons (Fsp3) is 0.316. The maximum atomic E-state index is 12.1. The lowest BCUT2D eigenvalue weighted by Gasteiger charge is -2.22. The number of hydrogen-bond acceptors (Lipinski definition) is 5. The molecule has 128 valence electrons. The van der Waals surface area contributed by atoms with Crippen LogP contribution in [0.2, 0.25) is 0 Å². The standard InChI is InChI=1S/C19H19N3O3/c1-11-9-12(2)17(14(23)10-11)13-6-7-15-18(20-13)21-19(25-15)22-8-4-3-5-16(22)24/h6-7,9-10,23H,3-5,8H2,1-2H3. The van der Waals surface area contributed by atoms with Crippen LogP contribution in [0.3, 0.4) is 0 Å². The summed E-state index contributed by atoms with van der Waals surface area (Å²) in [7, 11) is 0. The Labute approximate surface area is 145 Å². The number of aryl methyl sites for hydroxylation is 2. The lowest BCUT2D eigenvalue weighted by molar-refractivity contribution is -0.119. The summed E-state index contributed by atoms with van der Waals surface area (Å²) in [5, 5.41) is 10.3. The maximum absolute atomic E-state index is 12.1. The van der Waals surface area contributed by atoms with Gasteiger partial charge < -0.3 is 9.52 Å². The number of oxazole rings is 1. The van der Waals surface area contributed by atoms with Gasteiger partial charge in [-0.05, 0) is 56.0 Å². The lowest BCUT2D eigenvalue weighted by Crippen LogP contribution is -2.35. The first-order valence-corrected chi connectivity index (χ1v) is 8.41. The number of aromatic nitrogens is 2. The fourth-order valence-corrected chi connectivity index (χ4v) is 3.35. The van der Waals surface area contributed by atoms with Crippen LogP contribution in [-0.4, -0.2) is 27.5 Å². The summed E-state index contributed by atoms with van der Waals surface area (Å²) in [4.78, 5) is 22.6. The minimum Gasteiger partial charge on any atom is -0.507 e. The number of aromatic hydroxyl groups is 1. The van der Waals surface area contributed by atoms with Gasteiger partial charge in [-0.1, -0.05) is 6.07 Å². The molecular weight excluding hydrogens is 318 g/mol. The van der Waals surface area contributed by atoms with Crippen molar-refractivity contribution in [3.05, 3.63) is 35.4 Å². The SMILES string of the molecule is Cc1cc(C)c(-c2ccc3oc(N4CCCCC4=O)nc3n2)c(O)c1. The van der Waals surface area contributed by atoms with E-state index in [1.165, 1.54) is 0 Å². The van der Waals surface area contributed by atoms with Crippen LogP contribution >= 0.6 is 0 Å². The number of pyridine rings is 1. The summed E-state index contributed by atoms with van der Waals surface area (Å²) >= 11 is 0. The van der Waals surface area contributed by atoms with Gasteiger partial charge in [0.2, 0.25) is 11.6 Å². The number of carbonyl (C=O) groups is 1. The van der Waals surface area contributed by atoms with Gasteiger partial charge >= 0.3 is 6.01 Å². The van der Waals surface area contributed by atoms with E-state index in [4.69, 9.17) is 4.42 Å². The van der Waals surface area contributed by atoms with Gasteiger partial charge in [0.1, 0.15) is 5.75 Å². The van der Waals surface area contributed by atoms with Gasteiger partial charge in [0, 0.05) is 18.5 Å². The quantitative estimate of drug-likeness (QED) is 0.771. The molecule has 3 aromatic rings. The molecule has 1 fully saturated rings. The van der Waals surface area contributed by atoms with Crippen molar-refractivity contribution in [2.75, 3.05) is 11.4 Å². The highest BCUT2D eigenvalue weighted by molar-refractivity contribution is 5.93. The zero-order valence-electron chi connectivity index (χ0n) is 14.2. The van der Waals surface area contributed by atoms with Crippen LogP contribution in [0, 0.1) is 13.8 Å². The molecule has 3 heterocycles. The van der Waals surface area contributed by atoms with Gasteiger partial charge in [-0.3, -0.25) is 9.69 Å². The van der Waals surface area contributed by atoms with E-state index in [-0.39, 0.29) is 11.7 Å². The van der Waals surface area contributed by atoms with Crippen LogP contribution in [0.25, 0.3) is 22.5 Å². The van der Waals surface area contributed by atoms with E-state index in [9.17, 15) is 9.90 Å². The Morgan fingerprint density at radius 3 is 2.76 bits per heavy atom. The van der Waals surface area contributed by atoms with Gasteiger partial charge in [-0.25, -0.2) is 4.98 Å². The first kappa shape index (κ1) is 15.6. The summed E-state index contributed by atoms with van der Waals surface area (Å²) in [6.45, 7) is 4.50. The fourth-order valence-electron chi connectivity index (χ4n) is 3.35. The van der Waals surface area contributed by atoms with Gasteiger partial charge in [-0.15, -0.1) is 0 Å². The number of piperidine rings is 1. The Kier molecular flexibility index (Phi) is 3.67. The Bertz CT molecular complexity index is 954. The highest BCUT2D eigenvalue weighted by atomic mass is 16.4. The zero-order chi connectivity index (χ0) is 17.6. The Balaban J connectivity index is 1.78. The van der Waals surface area contributed by atoms with E-state index >= 15 is 0 Å². The molecule has 1 saturated heterocycles. The molecule has 1 aliphatic rings. The van der Waals surface area contributed by atoms with Gasteiger partial charge in [0.15, 0.2) is 5.58 Å². The van der Waals surface area contributed by atoms with Crippen molar-refractivity contribution < 1.29 is 14.3 Å². The van der Waals surface area contributed by atoms with Crippen LogP contribution < -0.4 is 4.90 Å². The molecule has 0 aliphatic carbocycles. The van der Waals surface area contributed by atoms with E-state index in [1.54, 1.807) is 23.1 Å². The Morgan fingerprint density at radius 1 is 1.16 bits per heavy atom. The molecule has 0 radical (unpaired) electrons. The monoisotopic (exact) mass is 337 g/mol. The molecule has 25 heavy (non-hydrogen) atoms. The third-order valence-electron chi connectivity index (χ3n) is 4.51. The van der Waals surface area contributed by atoms with E-state index < -0.39 is 0 Å². The number of hydrogen-bond donors (Lipinski definition) is 1. The number of phenolic OH excluding ortho intramolecular Hbond substituents is 1. The molecule has 1 amide bonds. The predicted molar refractivity (Wildman–Crippen MR) is 94.6 cm³/mol. The molecule has 0 bridgehead atoms. The summed E-state index contributed by atoms with van der Waals surface area (Å²) in [5.74, 6) is 0.226. The topological polar surface area (TPSA) is 79.5 Å². The Hall–Kier alpha value is -2.89. The molecule has 1 aromatic carbocycles. The van der Waals surface area contributed by atoms with Crippen molar-refractivity contribution in [1.82, 2.24) is 9.97 Å². The van der Waals surface area contributed by atoms with Gasteiger partial charge in [0.05, 0.1) is 5.69 Å². The molecule has 1 aliphatic heterocycles. The van der Waals surface area contributed by atoms with Crippen molar-refractivity contribution in [2.24, 2.45) is 0 Å². The van der Waals surface area contributed by atoms with Gasteiger partial charge in [0.25, 0.3) is 0 Å². The molecule has 6 heteroatoms. The summed E-state index contributed by atoms with van der Waals surface area (Å²) in [6.07, 6.45) is 2.37. The van der Waals surface area contributed by atoms with Crippen LogP contribution in [0.4, 0.5) is 6.01 Å². The molecule has 2 aromatic heterocycles.